The topological polar surface area (TPSA) is 356 Å². The van der Waals surface area contributed by atoms with E-state index in [9.17, 15) is 132 Å². The van der Waals surface area contributed by atoms with E-state index in [-0.39, 0.29) is 29.5 Å². The van der Waals surface area contributed by atoms with Crippen molar-refractivity contribution < 1.29 is 117 Å². The van der Waals surface area contributed by atoms with Crippen molar-refractivity contribution >= 4 is 70.4 Å². The fourth-order valence-corrected chi connectivity index (χ4v) is 5.89. The van der Waals surface area contributed by atoms with Crippen molar-refractivity contribution in [1.29, 1.82) is 0 Å². The number of H-pyrrole nitrogens is 1. The number of aromatic amines is 1. The van der Waals surface area contributed by atoms with Crippen LogP contribution in [0.15, 0.2) is 66.4 Å². The molecule has 43 heteroatoms. The van der Waals surface area contributed by atoms with Gasteiger partial charge in [0.25, 0.3) is 25.7 Å². The molecule has 0 fully saturated rings. The molecule has 7 aromatic heterocycles. The van der Waals surface area contributed by atoms with Crippen molar-refractivity contribution in [3.05, 3.63) is 190 Å². The zero-order chi connectivity index (χ0) is 71.5. The van der Waals surface area contributed by atoms with Gasteiger partial charge in [-0.3, -0.25) is 28.8 Å². The predicted molar refractivity (Wildman–Crippen MR) is 282 cm³/mol. The van der Waals surface area contributed by atoms with Crippen molar-refractivity contribution in [3.8, 4) is 0 Å². The fourth-order valence-electron chi connectivity index (χ4n) is 5.89. The number of alkyl halides is 8. The van der Waals surface area contributed by atoms with Gasteiger partial charge in [0.05, 0.1) is 47.0 Å². The third-order valence-corrected chi connectivity index (χ3v) is 9.64. The van der Waals surface area contributed by atoms with Crippen LogP contribution in [0.25, 0.3) is 0 Å². The number of hydrogen-bond donors (Lipinski definition) is 6. The molecule has 3 amide bonds. The second-order valence-corrected chi connectivity index (χ2v) is 16.5. The molecular weight excluding hydrogens is 1320 g/mol. The zero-order valence-electron chi connectivity index (χ0n) is 46.8. The number of anilines is 5. The van der Waals surface area contributed by atoms with E-state index in [0.29, 0.717) is 43.0 Å². The number of halogens is 19. The van der Waals surface area contributed by atoms with Gasteiger partial charge in [0.2, 0.25) is 23.5 Å². The average molecular weight is 1360 g/mol. The standard InChI is InChI=1S/C8H6F4N2O.C8H6F2N2O2.C8H9NO2.C7H6F3N3O2.C7H6F2N2O.C6H2F4N2O2.C6H4F4N2/c1-3(15)14-8-6(10)5(7(11)12)4(9)2-13-8;1-4(14)12-8-7(10)5(3-13)6(9)2-11-8;1-6(10)4-7-5-8(11)2-3-9-7;1-11-5-4(6(9)10)3(8)2-12-7(5)13(14)15;1-4(12)11-7-6(9)2-5(8)3-10-7;7-2-1-11-6(12(13)14)4(8)3(2)5(9)10;7-2-1-12-6(11)4(8)3(2)5(9)10/h2,7H,1H3,(H,13,14,15);2-3H,1H3,(H,11,12,14);2-3,5H,4H2,1H3,(H,9,11);2,6,11H,1H3;2-3H,1H3,(H,10,11,12);1,5H;1,5H,(H2,11,12). The molecule has 7 rings (SSSR count). The number of pyridine rings is 7. The van der Waals surface area contributed by atoms with Crippen molar-refractivity contribution in [2.24, 2.45) is 0 Å². The van der Waals surface area contributed by atoms with Gasteiger partial charge in [0, 0.05) is 64.3 Å². The van der Waals surface area contributed by atoms with E-state index in [0.717, 1.165) is 20.0 Å². The molecule has 7 aromatic rings. The van der Waals surface area contributed by atoms with Crippen LogP contribution in [-0.2, 0) is 25.6 Å². The number of hydrogen-bond acceptors (Lipinski definition) is 18. The lowest BCUT2D eigenvalue weighted by Crippen LogP contribution is -2.11. The number of aldehydes is 1. The number of carbonyl (C=O) groups excluding carboxylic acids is 5. The Hall–Kier alpha value is -11.3. The molecule has 0 atom stereocenters. The van der Waals surface area contributed by atoms with Crippen LogP contribution in [0.3, 0.4) is 0 Å². The Bertz CT molecular complexity index is 3880. The smallest absolute Gasteiger partial charge is 0.381 e. The lowest BCUT2D eigenvalue weighted by molar-refractivity contribution is -0.392. The van der Waals surface area contributed by atoms with Gasteiger partial charge in [-0.2, -0.15) is 4.39 Å². The predicted octanol–water partition coefficient (Wildman–Crippen LogP) is 11.4. The summed E-state index contributed by atoms with van der Waals surface area (Å²) in [6.45, 7) is 4.90. The Morgan fingerprint density at radius 2 is 0.935 bits per heavy atom. The first-order chi connectivity index (χ1) is 43.2. The highest BCUT2D eigenvalue weighted by atomic mass is 19.3. The SMILES string of the molecule is CC(=O)Cc1cc(=O)cc[nH]1.CC(=O)Nc1ncc(F)c(C(F)F)c1F.CC(=O)Nc1ncc(F)c(C=O)c1F.CC(=O)Nc1ncc(F)cc1F.CNc1c([N+](=O)[O-])ncc(F)c1C(F)F.Nc1ncc(F)c(C(F)F)c1F.O=[N+]([O-])c1ncc(F)c(C(F)F)c1F. The quantitative estimate of drug-likeness (QED) is 0.0270. The minimum atomic E-state index is -3.46. The number of amides is 3. The number of nitrogens with two attached hydrogens (primary N) is 1. The van der Waals surface area contributed by atoms with Crippen molar-refractivity contribution in [2.45, 2.75) is 59.8 Å². The van der Waals surface area contributed by atoms with E-state index >= 15 is 0 Å². The van der Waals surface area contributed by atoms with Gasteiger partial charge in [0.1, 0.15) is 22.9 Å². The van der Waals surface area contributed by atoms with E-state index < -0.39 is 180 Å². The molecule has 0 aliphatic carbocycles. The van der Waals surface area contributed by atoms with Crippen molar-refractivity contribution in [3.63, 3.8) is 0 Å². The van der Waals surface area contributed by atoms with Crippen molar-refractivity contribution in [2.75, 3.05) is 34.0 Å². The fraction of sp³-hybridized carbons (Fsp3) is 0.200. The van der Waals surface area contributed by atoms with Crippen LogP contribution in [0.1, 0.15) is 91.7 Å². The summed E-state index contributed by atoms with van der Waals surface area (Å²) in [5, 5.41) is 28.6. The minimum absolute atomic E-state index is 0.0255. The van der Waals surface area contributed by atoms with Crippen LogP contribution < -0.4 is 32.4 Å². The van der Waals surface area contributed by atoms with Crippen LogP contribution in [0.5, 0.6) is 0 Å². The maximum Gasteiger partial charge on any atom is 0.400 e. The molecule has 0 aliphatic rings. The number of ketones is 1. The highest BCUT2D eigenvalue weighted by Crippen LogP contribution is 2.35. The summed E-state index contributed by atoms with van der Waals surface area (Å²) >= 11 is 0. The van der Waals surface area contributed by atoms with Gasteiger partial charge in [-0.25, -0.2) is 99.0 Å². The molecule has 0 bridgehead atoms. The first-order valence-electron chi connectivity index (χ1n) is 23.9. The Morgan fingerprint density at radius 3 is 1.34 bits per heavy atom. The summed E-state index contributed by atoms with van der Waals surface area (Å²) in [6.07, 6.45) is -8.30. The molecule has 502 valence electrons. The van der Waals surface area contributed by atoms with E-state index in [2.05, 4.69) is 45.5 Å². The molecule has 7 N–H and O–H groups in total. The first-order valence-corrected chi connectivity index (χ1v) is 23.9. The van der Waals surface area contributed by atoms with E-state index in [1.165, 1.54) is 33.0 Å². The number of aromatic nitrogens is 7. The van der Waals surface area contributed by atoms with Gasteiger partial charge in [0.15, 0.2) is 99.7 Å². The number of nitrogens with zero attached hydrogens (tertiary/aromatic N) is 8. The summed E-state index contributed by atoms with van der Waals surface area (Å²) in [7, 11) is 1.18. The second-order valence-electron chi connectivity index (χ2n) is 16.5. The second kappa shape index (κ2) is 37.6. The maximum atomic E-state index is 13.1. The van der Waals surface area contributed by atoms with Crippen molar-refractivity contribution in [1.82, 2.24) is 34.9 Å². The summed E-state index contributed by atoms with van der Waals surface area (Å²) in [5.74, 6) is -20.7. The number of rotatable bonds is 13. The molecule has 7 heterocycles. The zero-order valence-corrected chi connectivity index (χ0v) is 46.8. The average Bonchev–Trinajstić information content (AvgIpc) is 0.915. The third-order valence-electron chi connectivity index (χ3n) is 9.64. The summed E-state index contributed by atoms with van der Waals surface area (Å²) in [5.41, 5.74) is -1.31. The lowest BCUT2D eigenvalue weighted by atomic mass is 10.2. The van der Waals surface area contributed by atoms with Crippen LogP contribution in [0, 0.1) is 84.2 Å². The molecule has 93 heavy (non-hydrogen) atoms. The molecular formula is C50H39F19N14O10. The molecule has 0 spiro atoms. The molecule has 0 unspecified atom stereocenters. The normalized spacial score (nSPS) is 10.2. The van der Waals surface area contributed by atoms with Gasteiger partial charge in [-0.1, -0.05) is 0 Å². The molecule has 24 nitrogen and oxygen atoms in total. The Morgan fingerprint density at radius 1 is 0.538 bits per heavy atom. The number of Topliss-reactive ketones (excluding diaryl/α,β-unsaturated/α-hetero) is 1. The van der Waals surface area contributed by atoms with Gasteiger partial charge in [-0.05, 0) is 26.7 Å². The van der Waals surface area contributed by atoms with E-state index in [4.69, 9.17) is 5.73 Å². The Kier molecular flexibility index (Phi) is 32.2. The Balaban J connectivity index is 0.000000544. The highest BCUT2D eigenvalue weighted by molar-refractivity contribution is 5.89. The Labute approximate surface area is 505 Å². The number of carbonyl (C=O) groups is 5. The van der Waals surface area contributed by atoms with Crippen LogP contribution >= 0.6 is 0 Å². The summed E-state index contributed by atoms with van der Waals surface area (Å²) in [4.78, 5) is 103. The van der Waals surface area contributed by atoms with E-state index in [1.54, 1.807) is 6.20 Å². The first kappa shape index (κ1) is 79.7. The third kappa shape index (κ3) is 25.2. The summed E-state index contributed by atoms with van der Waals surface area (Å²) < 4.78 is 237. The number of nitrogens with one attached hydrogen (secondary N) is 5. The monoisotopic (exact) mass is 1360 g/mol. The maximum absolute atomic E-state index is 13.1. The van der Waals surface area contributed by atoms with Gasteiger partial charge >= 0.3 is 11.6 Å². The molecule has 0 aliphatic heterocycles. The highest BCUT2D eigenvalue weighted by Gasteiger charge is 2.30. The van der Waals surface area contributed by atoms with Crippen LogP contribution in [0.2, 0.25) is 0 Å². The molecule has 0 aromatic carbocycles. The largest absolute Gasteiger partial charge is 0.400 e. The van der Waals surface area contributed by atoms with Crippen LogP contribution in [-0.4, -0.2) is 81.6 Å². The number of nitrogen functional groups attached to an aromatic ring is 1. The van der Waals surface area contributed by atoms with E-state index in [1.807, 2.05) is 10.6 Å². The van der Waals surface area contributed by atoms with Crippen LogP contribution in [0.4, 0.5) is 124 Å². The summed E-state index contributed by atoms with van der Waals surface area (Å²) in [6, 6.07) is 3.50. The molecule has 0 saturated carbocycles. The minimum Gasteiger partial charge on any atom is -0.381 e. The van der Waals surface area contributed by atoms with Gasteiger partial charge < -0.3 is 52.2 Å². The molecule has 0 saturated heterocycles. The number of nitro groups is 2. The molecule has 0 radical (unpaired) electrons. The lowest BCUT2D eigenvalue weighted by Gasteiger charge is -2.08. The van der Waals surface area contributed by atoms with Gasteiger partial charge in [-0.15, -0.1) is 0 Å².